The molecular weight excluding hydrogens is 262 g/mol. The molecule has 0 radical (unpaired) electrons. The fourth-order valence-electron chi connectivity index (χ4n) is 2.89. The zero-order valence-corrected chi connectivity index (χ0v) is 13.6. The van der Waals surface area contributed by atoms with Crippen molar-refractivity contribution in [2.24, 2.45) is 0 Å². The highest BCUT2D eigenvalue weighted by Gasteiger charge is 2.38. The van der Waals surface area contributed by atoms with E-state index in [0.717, 1.165) is 25.2 Å². The number of amides is 1. The lowest BCUT2D eigenvalue weighted by atomic mass is 9.95. The standard InChI is InChI=1S/C17H27N3O/c1-5-10-18-13(2)14-8-6-7-9-15(14)20-12-11-19-16(21)17(20,3)4/h6-9,13,18H,5,10-12H2,1-4H3,(H,19,21). The number of carbonyl (C=O) groups excluding carboxylic acids is 1. The van der Waals surface area contributed by atoms with Gasteiger partial charge in [-0.1, -0.05) is 25.1 Å². The molecule has 4 nitrogen and oxygen atoms in total. The Labute approximate surface area is 127 Å². The van der Waals surface area contributed by atoms with Crippen LogP contribution in [0.1, 0.15) is 45.7 Å². The van der Waals surface area contributed by atoms with Gasteiger partial charge < -0.3 is 15.5 Å². The molecule has 1 aliphatic heterocycles. The SMILES string of the molecule is CCCNC(C)c1ccccc1N1CCNC(=O)C1(C)C. The molecule has 2 rings (SSSR count). The fraction of sp³-hybridized carbons (Fsp3) is 0.588. The molecule has 2 N–H and O–H groups in total. The van der Waals surface area contributed by atoms with E-state index in [9.17, 15) is 4.79 Å². The van der Waals surface area contributed by atoms with Gasteiger partial charge in [0.15, 0.2) is 0 Å². The van der Waals surface area contributed by atoms with Crippen molar-refractivity contribution < 1.29 is 4.79 Å². The van der Waals surface area contributed by atoms with Crippen LogP contribution in [0.3, 0.4) is 0 Å². The van der Waals surface area contributed by atoms with E-state index < -0.39 is 5.54 Å². The zero-order chi connectivity index (χ0) is 15.5. The van der Waals surface area contributed by atoms with Crippen molar-refractivity contribution in [2.75, 3.05) is 24.5 Å². The van der Waals surface area contributed by atoms with E-state index in [4.69, 9.17) is 0 Å². The number of carbonyl (C=O) groups is 1. The second-order valence-electron chi connectivity index (χ2n) is 6.20. The van der Waals surface area contributed by atoms with E-state index in [1.54, 1.807) is 0 Å². The van der Waals surface area contributed by atoms with Gasteiger partial charge in [0.2, 0.25) is 5.91 Å². The van der Waals surface area contributed by atoms with Crippen LogP contribution in [0.5, 0.6) is 0 Å². The van der Waals surface area contributed by atoms with Crippen LogP contribution in [0, 0.1) is 0 Å². The van der Waals surface area contributed by atoms with Gasteiger partial charge in [-0.3, -0.25) is 4.79 Å². The first-order valence-corrected chi connectivity index (χ1v) is 7.86. The molecule has 1 aliphatic rings. The number of anilines is 1. The first kappa shape index (κ1) is 15.8. The highest BCUT2D eigenvalue weighted by Crippen LogP contribution is 2.32. The summed E-state index contributed by atoms with van der Waals surface area (Å²) in [5.74, 6) is 0.0951. The molecular formula is C17H27N3O. The number of hydrogen-bond donors (Lipinski definition) is 2. The summed E-state index contributed by atoms with van der Waals surface area (Å²) in [6.07, 6.45) is 1.12. The average molecular weight is 289 g/mol. The van der Waals surface area contributed by atoms with Gasteiger partial charge in [-0.2, -0.15) is 0 Å². The van der Waals surface area contributed by atoms with Crippen molar-refractivity contribution in [3.63, 3.8) is 0 Å². The number of nitrogens with one attached hydrogen (secondary N) is 2. The third kappa shape index (κ3) is 3.21. The van der Waals surface area contributed by atoms with Crippen molar-refractivity contribution in [1.82, 2.24) is 10.6 Å². The molecule has 116 valence electrons. The lowest BCUT2D eigenvalue weighted by Crippen LogP contribution is -2.62. The summed E-state index contributed by atoms with van der Waals surface area (Å²) in [6, 6.07) is 8.68. The summed E-state index contributed by atoms with van der Waals surface area (Å²) in [5, 5.41) is 6.50. The van der Waals surface area contributed by atoms with Gasteiger partial charge in [0.05, 0.1) is 0 Å². The number of benzene rings is 1. The van der Waals surface area contributed by atoms with E-state index in [-0.39, 0.29) is 11.9 Å². The average Bonchev–Trinajstić information content (AvgIpc) is 2.47. The molecule has 4 heteroatoms. The summed E-state index contributed by atoms with van der Waals surface area (Å²) in [7, 11) is 0. The number of nitrogens with zero attached hydrogens (tertiary/aromatic N) is 1. The lowest BCUT2D eigenvalue weighted by Gasteiger charge is -2.44. The molecule has 1 fully saturated rings. The zero-order valence-electron chi connectivity index (χ0n) is 13.6. The van der Waals surface area contributed by atoms with Crippen LogP contribution in [-0.2, 0) is 4.79 Å². The summed E-state index contributed by atoms with van der Waals surface area (Å²) < 4.78 is 0. The Hall–Kier alpha value is -1.55. The van der Waals surface area contributed by atoms with Crippen molar-refractivity contribution in [2.45, 2.75) is 45.7 Å². The lowest BCUT2D eigenvalue weighted by molar-refractivity contribution is -0.126. The van der Waals surface area contributed by atoms with E-state index >= 15 is 0 Å². The van der Waals surface area contributed by atoms with Crippen molar-refractivity contribution in [3.05, 3.63) is 29.8 Å². The molecule has 21 heavy (non-hydrogen) atoms. The Morgan fingerprint density at radius 3 is 2.81 bits per heavy atom. The molecule has 0 saturated carbocycles. The Kier molecular flexibility index (Phi) is 4.88. The molecule has 1 amide bonds. The normalized spacial score (nSPS) is 19.2. The van der Waals surface area contributed by atoms with E-state index in [1.807, 2.05) is 19.9 Å². The Bertz CT molecular complexity index is 499. The van der Waals surface area contributed by atoms with Crippen LogP contribution in [0.25, 0.3) is 0 Å². The number of para-hydroxylation sites is 1. The largest absolute Gasteiger partial charge is 0.355 e. The highest BCUT2D eigenvalue weighted by molar-refractivity contribution is 5.90. The van der Waals surface area contributed by atoms with Crippen molar-refractivity contribution in [3.8, 4) is 0 Å². The maximum absolute atomic E-state index is 12.2. The van der Waals surface area contributed by atoms with Gasteiger partial charge in [0.25, 0.3) is 0 Å². The van der Waals surface area contributed by atoms with Gasteiger partial charge in [-0.15, -0.1) is 0 Å². The summed E-state index contributed by atoms with van der Waals surface area (Å²) in [6.45, 7) is 10.9. The predicted octanol–water partition coefficient (Wildman–Crippen LogP) is 2.46. The minimum absolute atomic E-state index is 0.0951. The van der Waals surface area contributed by atoms with Crippen LogP contribution in [0.2, 0.25) is 0 Å². The van der Waals surface area contributed by atoms with Crippen molar-refractivity contribution >= 4 is 11.6 Å². The smallest absolute Gasteiger partial charge is 0.245 e. The predicted molar refractivity (Wildman–Crippen MR) is 87.6 cm³/mol. The molecule has 0 aromatic heterocycles. The maximum atomic E-state index is 12.2. The summed E-state index contributed by atoms with van der Waals surface area (Å²) in [4.78, 5) is 14.4. The Morgan fingerprint density at radius 2 is 2.10 bits per heavy atom. The second kappa shape index (κ2) is 6.48. The van der Waals surface area contributed by atoms with Gasteiger partial charge in [-0.05, 0) is 45.4 Å². The summed E-state index contributed by atoms with van der Waals surface area (Å²) in [5.41, 5.74) is 1.90. The molecule has 1 atom stereocenters. The number of rotatable bonds is 5. The Balaban J connectivity index is 2.33. The third-order valence-corrected chi connectivity index (χ3v) is 4.25. The van der Waals surface area contributed by atoms with E-state index in [0.29, 0.717) is 6.54 Å². The van der Waals surface area contributed by atoms with Gasteiger partial charge >= 0.3 is 0 Å². The first-order chi connectivity index (χ1) is 9.98. The molecule has 0 aliphatic carbocycles. The molecule has 1 aromatic carbocycles. The molecule has 1 aromatic rings. The molecule has 1 saturated heterocycles. The van der Waals surface area contributed by atoms with Gasteiger partial charge in [0, 0.05) is 24.8 Å². The van der Waals surface area contributed by atoms with Crippen LogP contribution in [0.4, 0.5) is 5.69 Å². The topological polar surface area (TPSA) is 44.4 Å². The highest BCUT2D eigenvalue weighted by atomic mass is 16.2. The van der Waals surface area contributed by atoms with Crippen LogP contribution < -0.4 is 15.5 Å². The number of piperazine rings is 1. The molecule has 0 bridgehead atoms. The minimum Gasteiger partial charge on any atom is -0.355 e. The minimum atomic E-state index is -0.515. The molecule has 1 heterocycles. The molecule has 0 spiro atoms. The second-order valence-corrected chi connectivity index (χ2v) is 6.20. The molecule has 1 unspecified atom stereocenters. The first-order valence-electron chi connectivity index (χ1n) is 7.86. The van der Waals surface area contributed by atoms with E-state index in [1.165, 1.54) is 5.56 Å². The van der Waals surface area contributed by atoms with E-state index in [2.05, 4.69) is 47.6 Å². The van der Waals surface area contributed by atoms with Crippen LogP contribution in [0.15, 0.2) is 24.3 Å². The quantitative estimate of drug-likeness (QED) is 0.875. The van der Waals surface area contributed by atoms with Crippen molar-refractivity contribution in [1.29, 1.82) is 0 Å². The fourth-order valence-corrected chi connectivity index (χ4v) is 2.89. The van der Waals surface area contributed by atoms with Crippen LogP contribution >= 0.6 is 0 Å². The van der Waals surface area contributed by atoms with Gasteiger partial charge in [0.1, 0.15) is 5.54 Å². The Morgan fingerprint density at radius 1 is 1.38 bits per heavy atom. The summed E-state index contributed by atoms with van der Waals surface area (Å²) >= 11 is 0. The maximum Gasteiger partial charge on any atom is 0.245 e. The van der Waals surface area contributed by atoms with Crippen LogP contribution in [-0.4, -0.2) is 31.1 Å². The number of hydrogen-bond acceptors (Lipinski definition) is 3. The van der Waals surface area contributed by atoms with Gasteiger partial charge in [-0.25, -0.2) is 0 Å². The third-order valence-electron chi connectivity index (χ3n) is 4.25. The monoisotopic (exact) mass is 289 g/mol.